The highest BCUT2D eigenvalue weighted by molar-refractivity contribution is 7.86. The maximum Gasteiger partial charge on any atom is 0.407 e. The number of rotatable bonds is 11. The first-order chi connectivity index (χ1) is 19.2. The Morgan fingerprint density at radius 1 is 1.00 bits per heavy atom. The Morgan fingerprint density at radius 3 is 2.33 bits per heavy atom. The Kier molecular flexibility index (Phi) is 9.90. The molecule has 2 aromatic carbocycles. The van der Waals surface area contributed by atoms with Gasteiger partial charge in [0.1, 0.15) is 11.0 Å². The SMILES string of the molecule is COC(=O)N[C@@H](Cc1ccccc1)C(=O)N[C@@H](Cc1ccc(S(=O)(=O)ON)cc1)c1csc(-c2sccc2Cl)n1. The number of methoxy groups -OCH3 is 1. The van der Waals surface area contributed by atoms with Gasteiger partial charge < -0.3 is 15.4 Å². The molecule has 2 heterocycles. The molecular weight excluding hydrogens is 596 g/mol. The number of amides is 2. The zero-order valence-electron chi connectivity index (χ0n) is 21.1. The minimum Gasteiger partial charge on any atom is -0.453 e. The van der Waals surface area contributed by atoms with Crippen molar-refractivity contribution in [3.63, 3.8) is 0 Å². The molecule has 4 N–H and O–H groups in total. The average molecular weight is 621 g/mol. The van der Waals surface area contributed by atoms with Crippen LogP contribution in [0.4, 0.5) is 4.79 Å². The first kappa shape index (κ1) is 29.6. The van der Waals surface area contributed by atoms with Crippen molar-refractivity contribution in [1.29, 1.82) is 0 Å². The number of aromatic nitrogens is 1. The summed E-state index contributed by atoms with van der Waals surface area (Å²) in [6.07, 6.45) is -0.240. The zero-order valence-corrected chi connectivity index (χ0v) is 24.3. The van der Waals surface area contributed by atoms with Crippen LogP contribution in [0.3, 0.4) is 0 Å². The zero-order chi connectivity index (χ0) is 28.7. The average Bonchev–Trinajstić information content (AvgIpc) is 3.62. The maximum atomic E-state index is 13.6. The van der Waals surface area contributed by atoms with Gasteiger partial charge in [0.15, 0.2) is 0 Å². The number of nitrogens with two attached hydrogens (primary N) is 1. The molecule has 0 spiro atoms. The second-order valence-corrected chi connectivity index (χ2v) is 12.3. The van der Waals surface area contributed by atoms with Crippen molar-refractivity contribution in [3.05, 3.63) is 93.3 Å². The molecule has 0 saturated heterocycles. The van der Waals surface area contributed by atoms with Crippen molar-refractivity contribution < 1.29 is 27.0 Å². The molecule has 2 amide bonds. The Hall–Kier alpha value is -3.33. The fraction of sp³-hybridized carbons (Fsp3) is 0.192. The summed E-state index contributed by atoms with van der Waals surface area (Å²) in [7, 11) is -2.84. The van der Waals surface area contributed by atoms with Gasteiger partial charge in [-0.05, 0) is 41.1 Å². The monoisotopic (exact) mass is 620 g/mol. The van der Waals surface area contributed by atoms with Crippen LogP contribution in [0.15, 0.2) is 76.3 Å². The number of hydrogen-bond donors (Lipinski definition) is 3. The fourth-order valence-electron chi connectivity index (χ4n) is 3.84. The van der Waals surface area contributed by atoms with Gasteiger partial charge in [-0.1, -0.05) is 54.1 Å². The summed E-state index contributed by atoms with van der Waals surface area (Å²) in [5, 5.41) is 10.6. The number of thiophene rings is 1. The summed E-state index contributed by atoms with van der Waals surface area (Å²) in [5.74, 6) is 4.43. The molecule has 2 atom stereocenters. The number of alkyl carbamates (subject to hydrolysis) is 1. The van der Waals surface area contributed by atoms with Gasteiger partial charge in [-0.25, -0.2) is 9.78 Å². The molecule has 0 aliphatic rings. The van der Waals surface area contributed by atoms with Crippen LogP contribution in [-0.2, 0) is 36.8 Å². The van der Waals surface area contributed by atoms with Crippen LogP contribution >= 0.6 is 34.3 Å². The minimum atomic E-state index is -4.06. The lowest BCUT2D eigenvalue weighted by Crippen LogP contribution is -2.49. The highest BCUT2D eigenvalue weighted by Crippen LogP contribution is 2.36. The molecule has 40 heavy (non-hydrogen) atoms. The molecule has 0 fully saturated rings. The lowest BCUT2D eigenvalue weighted by molar-refractivity contribution is -0.123. The van der Waals surface area contributed by atoms with Crippen LogP contribution in [0, 0.1) is 0 Å². The topological polar surface area (TPSA) is 150 Å². The summed E-state index contributed by atoms with van der Waals surface area (Å²) < 4.78 is 32.6. The van der Waals surface area contributed by atoms with Crippen molar-refractivity contribution in [1.82, 2.24) is 15.6 Å². The molecule has 210 valence electrons. The van der Waals surface area contributed by atoms with Crippen LogP contribution in [0.2, 0.25) is 5.02 Å². The number of carbonyl (C=O) groups excluding carboxylic acids is 2. The normalized spacial score (nSPS) is 12.9. The number of hydrogen-bond acceptors (Lipinski definition) is 10. The summed E-state index contributed by atoms with van der Waals surface area (Å²) in [4.78, 5) is 31.1. The number of nitrogens with one attached hydrogen (secondary N) is 2. The van der Waals surface area contributed by atoms with E-state index in [-0.39, 0.29) is 17.7 Å². The highest BCUT2D eigenvalue weighted by Gasteiger charge is 2.27. The van der Waals surface area contributed by atoms with Crippen molar-refractivity contribution in [2.24, 2.45) is 5.90 Å². The summed E-state index contributed by atoms with van der Waals surface area (Å²) >= 11 is 9.15. The molecule has 0 aliphatic carbocycles. The number of halogens is 1. The number of carbonyl (C=O) groups is 2. The van der Waals surface area contributed by atoms with Gasteiger partial charge >= 0.3 is 16.2 Å². The van der Waals surface area contributed by atoms with E-state index in [1.54, 1.807) is 18.2 Å². The minimum absolute atomic E-state index is 0.104. The van der Waals surface area contributed by atoms with Crippen LogP contribution < -0.4 is 16.5 Å². The first-order valence-corrected chi connectivity index (χ1v) is 15.3. The molecule has 0 unspecified atom stereocenters. The summed E-state index contributed by atoms with van der Waals surface area (Å²) in [6, 6.07) is 15.4. The first-order valence-electron chi connectivity index (χ1n) is 11.8. The van der Waals surface area contributed by atoms with E-state index in [9.17, 15) is 18.0 Å². The van der Waals surface area contributed by atoms with Crippen molar-refractivity contribution >= 4 is 56.4 Å². The fourth-order valence-corrected chi connectivity index (χ4v) is 6.62. The predicted octanol–water partition coefficient (Wildman–Crippen LogP) is 4.47. The van der Waals surface area contributed by atoms with Gasteiger partial charge in [0.05, 0.1) is 33.6 Å². The quantitative estimate of drug-likeness (QED) is 0.208. The van der Waals surface area contributed by atoms with Crippen LogP contribution in [0.25, 0.3) is 9.88 Å². The molecule has 0 aliphatic heterocycles. The van der Waals surface area contributed by atoms with E-state index in [4.69, 9.17) is 27.2 Å². The van der Waals surface area contributed by atoms with Gasteiger partial charge in [-0.15, -0.1) is 22.7 Å². The maximum absolute atomic E-state index is 13.6. The Bertz CT molecular complexity index is 1560. The number of benzene rings is 2. The molecule has 2 aromatic heterocycles. The third kappa shape index (κ3) is 7.44. The van der Waals surface area contributed by atoms with Gasteiger partial charge in [0.25, 0.3) is 0 Å². The van der Waals surface area contributed by atoms with Crippen molar-refractivity contribution in [2.45, 2.75) is 29.8 Å². The van der Waals surface area contributed by atoms with Crippen molar-refractivity contribution in [2.75, 3.05) is 7.11 Å². The van der Waals surface area contributed by atoms with Gasteiger partial charge in [-0.2, -0.15) is 18.6 Å². The lowest BCUT2D eigenvalue weighted by Gasteiger charge is -2.23. The Labute approximate surface area is 244 Å². The van der Waals surface area contributed by atoms with E-state index < -0.39 is 34.2 Å². The molecule has 0 radical (unpaired) electrons. The third-order valence-corrected chi connectivity index (χ3v) is 9.32. The van der Waals surface area contributed by atoms with E-state index in [0.717, 1.165) is 10.4 Å². The molecule has 0 bridgehead atoms. The third-order valence-electron chi connectivity index (χ3n) is 5.86. The van der Waals surface area contributed by atoms with E-state index in [1.165, 1.54) is 41.9 Å². The molecular formula is C26H25ClN4O6S3. The second kappa shape index (κ2) is 13.4. The van der Waals surface area contributed by atoms with E-state index in [0.29, 0.717) is 21.3 Å². The van der Waals surface area contributed by atoms with E-state index >= 15 is 0 Å². The van der Waals surface area contributed by atoms with Crippen LogP contribution in [0.5, 0.6) is 0 Å². The number of thiazole rings is 1. The Balaban J connectivity index is 1.63. The predicted molar refractivity (Wildman–Crippen MR) is 153 cm³/mol. The largest absolute Gasteiger partial charge is 0.453 e. The molecule has 10 nitrogen and oxygen atoms in total. The smallest absolute Gasteiger partial charge is 0.407 e. The van der Waals surface area contributed by atoms with Crippen molar-refractivity contribution in [3.8, 4) is 9.88 Å². The highest BCUT2D eigenvalue weighted by atomic mass is 35.5. The molecule has 0 saturated carbocycles. The second-order valence-electron chi connectivity index (χ2n) is 8.51. The number of ether oxygens (including phenoxy) is 1. The summed E-state index contributed by atoms with van der Waals surface area (Å²) in [6.45, 7) is 0. The standard InChI is InChI=1S/C26H25ClN4O6S3/c1-36-26(33)31-21(14-16-5-3-2-4-6-16)24(32)29-20(13-17-7-9-18(10-8-17)40(34,35)37-28)22-15-39-25(30-22)23-19(27)11-12-38-23/h2-12,15,20-21H,13-14,28H2,1H3,(H,29,32)(H,31,33)/t20-,21-/m0/s1. The van der Waals surface area contributed by atoms with Crippen LogP contribution in [0.1, 0.15) is 22.9 Å². The number of nitrogens with zero attached hydrogens (tertiary/aromatic N) is 1. The van der Waals surface area contributed by atoms with E-state index in [1.807, 2.05) is 41.1 Å². The van der Waals surface area contributed by atoms with Gasteiger partial charge in [0.2, 0.25) is 5.91 Å². The van der Waals surface area contributed by atoms with Gasteiger partial charge in [0, 0.05) is 11.8 Å². The molecule has 14 heteroatoms. The Morgan fingerprint density at radius 2 is 1.70 bits per heavy atom. The van der Waals surface area contributed by atoms with Crippen LogP contribution in [-0.4, -0.2) is 38.6 Å². The summed E-state index contributed by atoms with van der Waals surface area (Å²) in [5.41, 5.74) is 2.14. The van der Waals surface area contributed by atoms with E-state index in [2.05, 4.69) is 14.9 Å². The molecule has 4 rings (SSSR count). The molecule has 4 aromatic rings. The lowest BCUT2D eigenvalue weighted by atomic mass is 10.0. The van der Waals surface area contributed by atoms with Gasteiger partial charge in [-0.3, -0.25) is 4.79 Å².